The van der Waals surface area contributed by atoms with Crippen molar-refractivity contribution in [3.63, 3.8) is 0 Å². The molecule has 0 N–H and O–H groups in total. The third-order valence-corrected chi connectivity index (χ3v) is 2.32. The molecule has 2 aromatic carbocycles. The first-order valence-corrected chi connectivity index (χ1v) is 4.82. The zero-order chi connectivity index (χ0) is 12.5. The number of rotatable bonds is 1. The van der Waals surface area contributed by atoms with Crippen molar-refractivity contribution in [1.82, 2.24) is 0 Å². The lowest BCUT2D eigenvalue weighted by molar-refractivity contribution is -0.137. The van der Waals surface area contributed by atoms with Crippen LogP contribution in [0.2, 0.25) is 0 Å². The van der Waals surface area contributed by atoms with Crippen molar-refractivity contribution in [3.8, 4) is 11.1 Å². The van der Waals surface area contributed by atoms with Crippen LogP contribution in [0.25, 0.3) is 11.1 Å². The lowest BCUT2D eigenvalue weighted by Crippen LogP contribution is -2.06. The van der Waals surface area contributed by atoms with Crippen LogP contribution in [-0.4, -0.2) is 0 Å². The normalized spacial score (nSPS) is 11.5. The van der Waals surface area contributed by atoms with Crippen LogP contribution in [0.15, 0.2) is 42.5 Å². The summed E-state index contributed by atoms with van der Waals surface area (Å²) in [4.78, 5) is 0. The maximum Gasteiger partial charge on any atom is 0.417 e. The van der Waals surface area contributed by atoms with E-state index in [1.165, 1.54) is 30.3 Å². The molecule has 0 fully saturated rings. The minimum atomic E-state index is -4.43. The Kier molecular flexibility index (Phi) is 2.88. The molecule has 0 spiro atoms. The second-order valence-corrected chi connectivity index (χ2v) is 3.47. The SMILES string of the molecule is Fc1[c]cc(-c2ccccc2C(F)(F)F)cc1. The summed E-state index contributed by atoms with van der Waals surface area (Å²) in [6.07, 6.45) is -4.43. The number of benzene rings is 2. The molecule has 0 amide bonds. The maximum atomic E-state index is 12.7. The van der Waals surface area contributed by atoms with Gasteiger partial charge in [-0.05, 0) is 29.3 Å². The van der Waals surface area contributed by atoms with Crippen LogP contribution in [0.5, 0.6) is 0 Å². The number of hydrogen-bond acceptors (Lipinski definition) is 0. The standard InChI is InChI=1S/C13H7F4/c14-10-7-5-9(6-8-10)11-3-1-2-4-12(11)13(15,16)17/h1-7H. The molecular weight excluding hydrogens is 232 g/mol. The van der Waals surface area contributed by atoms with E-state index >= 15 is 0 Å². The second-order valence-electron chi connectivity index (χ2n) is 3.47. The minimum absolute atomic E-state index is 0.0243. The Morgan fingerprint density at radius 2 is 1.65 bits per heavy atom. The summed E-state index contributed by atoms with van der Waals surface area (Å²) >= 11 is 0. The van der Waals surface area contributed by atoms with E-state index in [4.69, 9.17) is 0 Å². The summed E-state index contributed by atoms with van der Waals surface area (Å²) in [7, 11) is 0. The summed E-state index contributed by atoms with van der Waals surface area (Å²) in [6, 6.07) is 11.0. The van der Waals surface area contributed by atoms with E-state index in [1.54, 1.807) is 0 Å². The van der Waals surface area contributed by atoms with E-state index in [0.717, 1.165) is 12.1 Å². The van der Waals surface area contributed by atoms with E-state index in [-0.39, 0.29) is 5.56 Å². The van der Waals surface area contributed by atoms with Crippen molar-refractivity contribution in [2.45, 2.75) is 6.18 Å². The van der Waals surface area contributed by atoms with Crippen molar-refractivity contribution in [2.24, 2.45) is 0 Å². The molecule has 0 heterocycles. The number of halogens is 4. The van der Waals surface area contributed by atoms with Gasteiger partial charge in [-0.1, -0.05) is 24.3 Å². The Bertz CT molecular complexity index is 512. The molecule has 17 heavy (non-hydrogen) atoms. The fourth-order valence-corrected chi connectivity index (χ4v) is 1.56. The predicted octanol–water partition coefficient (Wildman–Crippen LogP) is 4.31. The van der Waals surface area contributed by atoms with Crippen LogP contribution in [0, 0.1) is 11.9 Å². The molecule has 0 unspecified atom stereocenters. The van der Waals surface area contributed by atoms with Crippen LogP contribution < -0.4 is 0 Å². The van der Waals surface area contributed by atoms with E-state index in [9.17, 15) is 17.6 Å². The van der Waals surface area contributed by atoms with Gasteiger partial charge in [0.1, 0.15) is 5.82 Å². The Morgan fingerprint density at radius 1 is 0.941 bits per heavy atom. The first kappa shape index (κ1) is 11.6. The highest BCUT2D eigenvalue weighted by atomic mass is 19.4. The Balaban J connectivity index is 2.56. The van der Waals surface area contributed by atoms with Gasteiger partial charge in [-0.3, -0.25) is 0 Å². The van der Waals surface area contributed by atoms with E-state index in [1.807, 2.05) is 0 Å². The molecule has 0 aliphatic rings. The number of alkyl halides is 3. The van der Waals surface area contributed by atoms with Gasteiger partial charge in [0.25, 0.3) is 0 Å². The molecule has 87 valence electrons. The van der Waals surface area contributed by atoms with Crippen LogP contribution in [0.1, 0.15) is 5.56 Å². The highest BCUT2D eigenvalue weighted by molar-refractivity contribution is 5.67. The molecule has 0 nitrogen and oxygen atoms in total. The summed E-state index contributed by atoms with van der Waals surface area (Å²) in [5, 5.41) is 0. The fourth-order valence-electron chi connectivity index (χ4n) is 1.56. The van der Waals surface area contributed by atoms with Crippen molar-refractivity contribution >= 4 is 0 Å². The highest BCUT2D eigenvalue weighted by Crippen LogP contribution is 2.36. The van der Waals surface area contributed by atoms with Crippen LogP contribution >= 0.6 is 0 Å². The lowest BCUT2D eigenvalue weighted by atomic mass is 9.99. The molecule has 2 rings (SSSR count). The van der Waals surface area contributed by atoms with Crippen LogP contribution in [0.4, 0.5) is 17.6 Å². The van der Waals surface area contributed by atoms with Crippen LogP contribution in [0.3, 0.4) is 0 Å². The molecule has 0 aliphatic heterocycles. The average molecular weight is 239 g/mol. The molecule has 0 saturated carbocycles. The predicted molar refractivity (Wildman–Crippen MR) is 55.7 cm³/mol. The van der Waals surface area contributed by atoms with Gasteiger partial charge >= 0.3 is 6.18 Å². The lowest BCUT2D eigenvalue weighted by Gasteiger charge is -2.12. The molecule has 0 saturated heterocycles. The van der Waals surface area contributed by atoms with Crippen molar-refractivity contribution in [1.29, 1.82) is 0 Å². The smallest absolute Gasteiger partial charge is 0.206 e. The first-order chi connectivity index (χ1) is 7.98. The molecular formula is C13H7F4. The molecule has 2 aromatic rings. The van der Waals surface area contributed by atoms with Gasteiger partial charge in [-0.25, -0.2) is 4.39 Å². The Morgan fingerprint density at radius 3 is 2.24 bits per heavy atom. The molecule has 0 aromatic heterocycles. The minimum Gasteiger partial charge on any atom is -0.206 e. The van der Waals surface area contributed by atoms with Crippen molar-refractivity contribution in [3.05, 3.63) is 59.9 Å². The number of hydrogen-bond donors (Lipinski definition) is 0. The molecule has 1 radical (unpaired) electrons. The zero-order valence-corrected chi connectivity index (χ0v) is 8.55. The Hall–Kier alpha value is -1.84. The van der Waals surface area contributed by atoms with Gasteiger partial charge in [-0.2, -0.15) is 13.2 Å². The largest absolute Gasteiger partial charge is 0.417 e. The summed E-state index contributed by atoms with van der Waals surface area (Å²) in [6.45, 7) is 0. The third kappa shape index (κ3) is 2.46. The van der Waals surface area contributed by atoms with Gasteiger partial charge in [-0.15, -0.1) is 0 Å². The van der Waals surface area contributed by atoms with E-state index in [0.29, 0.717) is 5.56 Å². The summed E-state index contributed by atoms with van der Waals surface area (Å²) < 4.78 is 50.8. The molecule has 4 heteroatoms. The van der Waals surface area contributed by atoms with Gasteiger partial charge in [0.05, 0.1) is 5.56 Å². The third-order valence-electron chi connectivity index (χ3n) is 2.32. The zero-order valence-electron chi connectivity index (χ0n) is 8.55. The van der Waals surface area contributed by atoms with Gasteiger partial charge in [0.15, 0.2) is 0 Å². The monoisotopic (exact) mass is 239 g/mol. The summed E-state index contributed by atoms with van der Waals surface area (Å²) in [5.41, 5.74) is -0.421. The highest BCUT2D eigenvalue weighted by Gasteiger charge is 2.33. The summed E-state index contributed by atoms with van der Waals surface area (Å²) in [5.74, 6) is -0.599. The molecule has 0 atom stereocenters. The van der Waals surface area contributed by atoms with Crippen molar-refractivity contribution < 1.29 is 17.6 Å². The fraction of sp³-hybridized carbons (Fsp3) is 0.0769. The first-order valence-electron chi connectivity index (χ1n) is 4.82. The molecule has 0 aliphatic carbocycles. The van der Waals surface area contributed by atoms with Gasteiger partial charge < -0.3 is 0 Å². The quantitative estimate of drug-likeness (QED) is 0.650. The second kappa shape index (κ2) is 4.20. The van der Waals surface area contributed by atoms with Crippen molar-refractivity contribution in [2.75, 3.05) is 0 Å². The van der Waals surface area contributed by atoms with Gasteiger partial charge in [0, 0.05) is 6.07 Å². The van der Waals surface area contributed by atoms with Gasteiger partial charge in [0.2, 0.25) is 0 Å². The average Bonchev–Trinajstić information content (AvgIpc) is 2.29. The Labute approximate surface area is 95.5 Å². The van der Waals surface area contributed by atoms with E-state index < -0.39 is 17.6 Å². The topological polar surface area (TPSA) is 0 Å². The molecule has 0 bridgehead atoms. The maximum absolute atomic E-state index is 12.7. The van der Waals surface area contributed by atoms with E-state index in [2.05, 4.69) is 6.07 Å². The van der Waals surface area contributed by atoms with Crippen LogP contribution in [-0.2, 0) is 6.18 Å².